The number of aryl methyl sites for hydroxylation is 1. The molecule has 2 rings (SSSR count). The smallest absolute Gasteiger partial charge is 0.247 e. The van der Waals surface area contributed by atoms with Crippen molar-refractivity contribution in [1.29, 1.82) is 0 Å². The number of benzene rings is 1. The molecule has 1 aromatic heterocycles. The van der Waals surface area contributed by atoms with Crippen LogP contribution in [-0.2, 0) is 11.2 Å². The van der Waals surface area contributed by atoms with Crippen molar-refractivity contribution < 1.29 is 9.18 Å². The van der Waals surface area contributed by atoms with Crippen LogP contribution < -0.4 is 5.73 Å². The topological polar surface area (TPSA) is 89.9 Å². The van der Waals surface area contributed by atoms with E-state index in [9.17, 15) is 9.18 Å². The molecule has 1 aromatic carbocycles. The number of amides is 1. The van der Waals surface area contributed by atoms with Crippen LogP contribution in [-0.4, -0.2) is 50.6 Å². The van der Waals surface area contributed by atoms with E-state index < -0.39 is 6.04 Å². The summed E-state index contributed by atoms with van der Waals surface area (Å²) in [7, 11) is 1.74. The Balaban J connectivity index is 2.18. The highest BCUT2D eigenvalue weighted by Gasteiger charge is 2.27. The second-order valence-corrected chi connectivity index (χ2v) is 6.98. The minimum absolute atomic E-state index is 0.0293. The molecule has 0 fully saturated rings. The number of halogens is 1. The fourth-order valence-corrected chi connectivity index (χ4v) is 2.73. The lowest BCUT2D eigenvalue weighted by molar-refractivity contribution is -0.134. The molecule has 2 N–H and O–H groups in total. The molecular weight excluding hydrogens is 335 g/mol. The van der Waals surface area contributed by atoms with Gasteiger partial charge in [-0.3, -0.25) is 4.79 Å². The molecule has 1 heterocycles. The predicted molar refractivity (Wildman–Crippen MR) is 96.8 cm³/mol. The molecule has 26 heavy (non-hydrogen) atoms. The highest BCUT2D eigenvalue weighted by atomic mass is 19.1. The number of hydrogen-bond donors (Lipinski definition) is 1. The Bertz CT molecular complexity index is 732. The zero-order valence-corrected chi connectivity index (χ0v) is 15.8. The summed E-state index contributed by atoms with van der Waals surface area (Å²) >= 11 is 0. The SMILES string of the molecule is Cc1nnnn1C(Cc1cccc(F)c1)C(=O)N(C)CCC(N)C(C)C. The van der Waals surface area contributed by atoms with Gasteiger partial charge in [-0.1, -0.05) is 26.0 Å². The lowest BCUT2D eigenvalue weighted by Gasteiger charge is -2.26. The fraction of sp³-hybridized carbons (Fsp3) is 0.556. The Morgan fingerprint density at radius 2 is 2.12 bits per heavy atom. The van der Waals surface area contributed by atoms with E-state index in [1.807, 2.05) is 0 Å². The van der Waals surface area contributed by atoms with Gasteiger partial charge in [-0.2, -0.15) is 0 Å². The third-order valence-electron chi connectivity index (χ3n) is 4.59. The molecular formula is C18H27FN6O. The number of aromatic nitrogens is 4. The summed E-state index contributed by atoms with van der Waals surface area (Å²) in [5, 5.41) is 11.5. The first-order valence-electron chi connectivity index (χ1n) is 8.79. The van der Waals surface area contributed by atoms with Crippen molar-refractivity contribution in [2.24, 2.45) is 11.7 Å². The van der Waals surface area contributed by atoms with Crippen molar-refractivity contribution in [1.82, 2.24) is 25.1 Å². The van der Waals surface area contributed by atoms with Gasteiger partial charge in [-0.05, 0) is 47.4 Å². The molecule has 0 aliphatic heterocycles. The zero-order chi connectivity index (χ0) is 19.3. The average molecular weight is 362 g/mol. The quantitative estimate of drug-likeness (QED) is 0.772. The Morgan fingerprint density at radius 3 is 2.69 bits per heavy atom. The third kappa shape index (κ3) is 5.08. The predicted octanol–water partition coefficient (Wildman–Crippen LogP) is 1.74. The van der Waals surface area contributed by atoms with E-state index in [2.05, 4.69) is 29.4 Å². The van der Waals surface area contributed by atoms with Crippen LogP contribution in [0.15, 0.2) is 24.3 Å². The number of rotatable bonds is 8. The van der Waals surface area contributed by atoms with Gasteiger partial charge >= 0.3 is 0 Å². The lowest BCUT2D eigenvalue weighted by atomic mass is 10.0. The van der Waals surface area contributed by atoms with Gasteiger partial charge < -0.3 is 10.6 Å². The van der Waals surface area contributed by atoms with Gasteiger partial charge in [-0.15, -0.1) is 5.10 Å². The van der Waals surface area contributed by atoms with Gasteiger partial charge in [0.2, 0.25) is 5.91 Å². The van der Waals surface area contributed by atoms with Crippen molar-refractivity contribution in [2.45, 2.75) is 45.7 Å². The molecule has 2 atom stereocenters. The van der Waals surface area contributed by atoms with Crippen LogP contribution in [0.2, 0.25) is 0 Å². The standard InChI is InChI=1S/C18H27FN6O/c1-12(2)16(20)8-9-24(4)18(26)17(25-13(3)21-22-23-25)11-14-6-5-7-15(19)10-14/h5-7,10,12,16-17H,8-9,11,20H2,1-4H3. The van der Waals surface area contributed by atoms with Crippen LogP contribution in [0.3, 0.4) is 0 Å². The van der Waals surface area contributed by atoms with Crippen LogP contribution in [0.5, 0.6) is 0 Å². The number of carbonyl (C=O) groups is 1. The normalized spacial score (nSPS) is 13.7. The van der Waals surface area contributed by atoms with E-state index in [0.29, 0.717) is 36.7 Å². The van der Waals surface area contributed by atoms with E-state index in [0.717, 1.165) is 0 Å². The summed E-state index contributed by atoms with van der Waals surface area (Å²) in [6.07, 6.45) is 1.02. The molecule has 0 bridgehead atoms. The van der Waals surface area contributed by atoms with Crippen molar-refractivity contribution in [3.63, 3.8) is 0 Å². The molecule has 0 radical (unpaired) electrons. The molecule has 7 nitrogen and oxygen atoms in total. The highest BCUT2D eigenvalue weighted by molar-refractivity contribution is 5.80. The Hall–Kier alpha value is -2.35. The minimum atomic E-state index is -0.632. The van der Waals surface area contributed by atoms with Gasteiger partial charge in [0.05, 0.1) is 0 Å². The second-order valence-electron chi connectivity index (χ2n) is 6.98. The second kappa shape index (κ2) is 8.84. The zero-order valence-electron chi connectivity index (χ0n) is 15.8. The number of nitrogens with two attached hydrogens (primary N) is 1. The molecule has 0 aliphatic carbocycles. The van der Waals surface area contributed by atoms with Crippen molar-refractivity contribution in [3.05, 3.63) is 41.5 Å². The lowest BCUT2D eigenvalue weighted by Crippen LogP contribution is -2.39. The Kier molecular flexibility index (Phi) is 6.79. The van der Waals surface area contributed by atoms with Crippen molar-refractivity contribution >= 4 is 5.91 Å². The molecule has 0 aliphatic rings. The Morgan fingerprint density at radius 1 is 1.38 bits per heavy atom. The third-order valence-corrected chi connectivity index (χ3v) is 4.59. The maximum atomic E-state index is 13.5. The molecule has 0 spiro atoms. The number of tetrazole rings is 1. The summed E-state index contributed by atoms with van der Waals surface area (Å²) in [6, 6.07) is 5.62. The molecule has 0 saturated heterocycles. The highest BCUT2D eigenvalue weighted by Crippen LogP contribution is 2.18. The average Bonchev–Trinajstić information content (AvgIpc) is 3.02. The molecule has 1 amide bonds. The van der Waals surface area contributed by atoms with E-state index >= 15 is 0 Å². The van der Waals surface area contributed by atoms with Gasteiger partial charge in [0, 0.05) is 26.1 Å². The maximum absolute atomic E-state index is 13.5. The first kappa shape index (κ1) is 20.0. The summed E-state index contributed by atoms with van der Waals surface area (Å²) in [4.78, 5) is 14.7. The van der Waals surface area contributed by atoms with Crippen LogP contribution in [0.25, 0.3) is 0 Å². The van der Waals surface area contributed by atoms with Crippen molar-refractivity contribution in [2.75, 3.05) is 13.6 Å². The fourth-order valence-electron chi connectivity index (χ4n) is 2.73. The van der Waals surface area contributed by atoms with Gasteiger partial charge in [0.15, 0.2) is 0 Å². The van der Waals surface area contributed by atoms with Crippen LogP contribution in [0.1, 0.15) is 37.7 Å². The van der Waals surface area contributed by atoms with E-state index in [1.54, 1.807) is 31.0 Å². The number of hydrogen-bond acceptors (Lipinski definition) is 5. The number of nitrogens with zero attached hydrogens (tertiary/aromatic N) is 5. The van der Waals surface area contributed by atoms with Gasteiger partial charge in [0.1, 0.15) is 17.7 Å². The monoisotopic (exact) mass is 362 g/mol. The molecule has 8 heteroatoms. The van der Waals surface area contributed by atoms with E-state index in [-0.39, 0.29) is 17.8 Å². The minimum Gasteiger partial charge on any atom is -0.344 e. The molecule has 0 saturated carbocycles. The summed E-state index contributed by atoms with van der Waals surface area (Å²) in [6.45, 7) is 6.40. The summed E-state index contributed by atoms with van der Waals surface area (Å²) in [5.41, 5.74) is 6.80. The number of likely N-dealkylation sites (N-methyl/N-ethyl adjacent to an activating group) is 1. The van der Waals surface area contributed by atoms with Crippen LogP contribution in [0, 0.1) is 18.7 Å². The van der Waals surface area contributed by atoms with Crippen LogP contribution >= 0.6 is 0 Å². The first-order chi connectivity index (χ1) is 12.3. The summed E-state index contributed by atoms with van der Waals surface area (Å²) < 4.78 is 15.0. The van der Waals surface area contributed by atoms with Crippen molar-refractivity contribution in [3.8, 4) is 0 Å². The number of carbonyl (C=O) groups excluding carboxylic acids is 1. The molecule has 2 aromatic rings. The first-order valence-corrected chi connectivity index (χ1v) is 8.79. The molecule has 142 valence electrons. The Labute approximate surface area is 153 Å². The van der Waals surface area contributed by atoms with Gasteiger partial charge in [0.25, 0.3) is 0 Å². The summed E-state index contributed by atoms with van der Waals surface area (Å²) in [5.74, 6) is 0.425. The van der Waals surface area contributed by atoms with E-state index in [1.165, 1.54) is 16.8 Å². The van der Waals surface area contributed by atoms with Crippen LogP contribution in [0.4, 0.5) is 4.39 Å². The van der Waals surface area contributed by atoms with Gasteiger partial charge in [-0.25, -0.2) is 9.07 Å². The maximum Gasteiger partial charge on any atom is 0.247 e. The largest absolute Gasteiger partial charge is 0.344 e. The van der Waals surface area contributed by atoms with E-state index in [4.69, 9.17) is 5.73 Å². The molecule has 2 unspecified atom stereocenters.